The first-order chi connectivity index (χ1) is 15.0. The number of halogens is 2. The van der Waals surface area contributed by atoms with E-state index in [1.54, 1.807) is 23.1 Å². The fourth-order valence-electron chi connectivity index (χ4n) is 3.67. The van der Waals surface area contributed by atoms with E-state index in [9.17, 15) is 9.59 Å². The fraction of sp³-hybridized carbons (Fsp3) is 0.381. The van der Waals surface area contributed by atoms with E-state index in [-0.39, 0.29) is 28.7 Å². The molecule has 1 aromatic carbocycles. The lowest BCUT2D eigenvalue weighted by molar-refractivity contribution is 0.0733. The van der Waals surface area contributed by atoms with Crippen LogP contribution >= 0.6 is 23.2 Å². The first kappa shape index (κ1) is 21.5. The number of hydrogen-bond donors (Lipinski definition) is 1. The van der Waals surface area contributed by atoms with Gasteiger partial charge in [-0.3, -0.25) is 9.59 Å². The van der Waals surface area contributed by atoms with Crippen LogP contribution in [0.5, 0.6) is 0 Å². The van der Waals surface area contributed by atoms with Crippen LogP contribution in [0.4, 0.5) is 5.95 Å². The molecule has 0 aliphatic carbocycles. The molecule has 8 nitrogen and oxygen atoms in total. The molecule has 1 amide bonds. The standard InChI is InChI=1S/C21H22Cl2N6O2/c1-2-7-29(12-17-25-16-10-13(22)5-6-14(16)19(30)26-17)20(31)18-15(23)11-24-21(27-18)28-8-3-4-9-28/h5-6,10-11H,2-4,7-9,12H2,1H3,(H,25,26,30). The van der Waals surface area contributed by atoms with Gasteiger partial charge in [-0.15, -0.1) is 0 Å². The van der Waals surface area contributed by atoms with Gasteiger partial charge in [0.2, 0.25) is 5.95 Å². The summed E-state index contributed by atoms with van der Waals surface area (Å²) < 4.78 is 0. The van der Waals surface area contributed by atoms with Crippen LogP contribution in [-0.2, 0) is 6.54 Å². The molecule has 0 unspecified atom stereocenters. The zero-order valence-corrected chi connectivity index (χ0v) is 18.6. The van der Waals surface area contributed by atoms with Gasteiger partial charge in [0, 0.05) is 24.7 Å². The Kier molecular flexibility index (Phi) is 6.38. The number of aromatic amines is 1. The molecule has 0 atom stereocenters. The summed E-state index contributed by atoms with van der Waals surface area (Å²) in [4.78, 5) is 45.4. The summed E-state index contributed by atoms with van der Waals surface area (Å²) in [6, 6.07) is 4.90. The lowest BCUT2D eigenvalue weighted by Crippen LogP contribution is -2.34. The minimum atomic E-state index is -0.330. The van der Waals surface area contributed by atoms with Crippen molar-refractivity contribution in [3.8, 4) is 0 Å². The third-order valence-corrected chi connectivity index (χ3v) is 5.67. The number of benzene rings is 1. The van der Waals surface area contributed by atoms with Gasteiger partial charge in [0.25, 0.3) is 11.5 Å². The molecule has 3 aromatic rings. The van der Waals surface area contributed by atoms with Crippen molar-refractivity contribution >= 4 is 46.0 Å². The predicted octanol–water partition coefficient (Wildman–Crippen LogP) is 3.67. The summed E-state index contributed by atoms with van der Waals surface area (Å²) in [6.07, 6.45) is 4.33. The second kappa shape index (κ2) is 9.20. The monoisotopic (exact) mass is 460 g/mol. The van der Waals surface area contributed by atoms with Gasteiger partial charge in [0.15, 0.2) is 5.69 Å². The Morgan fingerprint density at radius 1 is 1.23 bits per heavy atom. The Bertz CT molecular complexity index is 1180. The number of anilines is 1. The second-order valence-corrected chi connectivity index (χ2v) is 8.31. The number of aromatic nitrogens is 4. The molecule has 3 heterocycles. The molecule has 1 saturated heterocycles. The van der Waals surface area contributed by atoms with Gasteiger partial charge in [-0.25, -0.2) is 15.0 Å². The van der Waals surface area contributed by atoms with Gasteiger partial charge in [-0.2, -0.15) is 0 Å². The average Bonchev–Trinajstić information content (AvgIpc) is 3.28. The summed E-state index contributed by atoms with van der Waals surface area (Å²) in [5.41, 5.74) is 0.349. The quantitative estimate of drug-likeness (QED) is 0.602. The van der Waals surface area contributed by atoms with Gasteiger partial charge in [-0.05, 0) is 37.5 Å². The average molecular weight is 461 g/mol. The van der Waals surface area contributed by atoms with Crippen LogP contribution < -0.4 is 10.5 Å². The van der Waals surface area contributed by atoms with E-state index in [1.165, 1.54) is 6.20 Å². The number of fused-ring (bicyclic) bond motifs is 1. The highest BCUT2D eigenvalue weighted by molar-refractivity contribution is 6.33. The molecule has 2 aromatic heterocycles. The van der Waals surface area contributed by atoms with Crippen molar-refractivity contribution in [2.24, 2.45) is 0 Å². The van der Waals surface area contributed by atoms with Crippen molar-refractivity contribution in [1.29, 1.82) is 0 Å². The molecule has 0 saturated carbocycles. The maximum absolute atomic E-state index is 13.3. The third-order valence-electron chi connectivity index (χ3n) is 5.16. The Labute approximate surface area is 189 Å². The molecule has 4 rings (SSSR count). The second-order valence-electron chi connectivity index (χ2n) is 7.46. The van der Waals surface area contributed by atoms with Gasteiger partial charge < -0.3 is 14.8 Å². The summed E-state index contributed by atoms with van der Waals surface area (Å²) in [7, 11) is 0. The maximum atomic E-state index is 13.3. The van der Waals surface area contributed by atoms with Crippen LogP contribution in [-0.4, -0.2) is 50.4 Å². The lowest BCUT2D eigenvalue weighted by atomic mass is 10.2. The van der Waals surface area contributed by atoms with E-state index in [2.05, 4.69) is 19.9 Å². The highest BCUT2D eigenvalue weighted by atomic mass is 35.5. The molecular weight excluding hydrogens is 439 g/mol. The zero-order valence-electron chi connectivity index (χ0n) is 17.1. The molecule has 162 valence electrons. The Morgan fingerprint density at radius 2 is 2.00 bits per heavy atom. The number of nitrogens with zero attached hydrogens (tertiary/aromatic N) is 5. The molecule has 0 radical (unpaired) electrons. The van der Waals surface area contributed by atoms with Gasteiger partial charge in [-0.1, -0.05) is 30.1 Å². The van der Waals surface area contributed by atoms with Crippen molar-refractivity contribution in [1.82, 2.24) is 24.8 Å². The van der Waals surface area contributed by atoms with Crippen LogP contribution in [0.15, 0.2) is 29.2 Å². The maximum Gasteiger partial charge on any atom is 0.274 e. The van der Waals surface area contributed by atoms with Crippen LogP contribution in [0.2, 0.25) is 10.0 Å². The van der Waals surface area contributed by atoms with Crippen LogP contribution in [0, 0.1) is 0 Å². The van der Waals surface area contributed by atoms with Gasteiger partial charge in [0.05, 0.1) is 28.7 Å². The van der Waals surface area contributed by atoms with Crippen LogP contribution in [0.3, 0.4) is 0 Å². The number of amides is 1. The number of rotatable bonds is 6. The van der Waals surface area contributed by atoms with E-state index in [0.29, 0.717) is 34.2 Å². The van der Waals surface area contributed by atoms with E-state index < -0.39 is 0 Å². The molecule has 1 aliphatic heterocycles. The zero-order chi connectivity index (χ0) is 22.0. The number of carbonyl (C=O) groups is 1. The number of nitrogens with one attached hydrogen (secondary N) is 1. The first-order valence-corrected chi connectivity index (χ1v) is 11.0. The van der Waals surface area contributed by atoms with Crippen LogP contribution in [0.1, 0.15) is 42.5 Å². The predicted molar refractivity (Wildman–Crippen MR) is 121 cm³/mol. The SMILES string of the molecule is CCCN(Cc1nc2cc(Cl)ccc2c(=O)[nH]1)C(=O)c1nc(N2CCCC2)ncc1Cl. The molecule has 10 heteroatoms. The van der Waals surface area contributed by atoms with Crippen LogP contribution in [0.25, 0.3) is 10.9 Å². The van der Waals surface area contributed by atoms with E-state index >= 15 is 0 Å². The number of H-pyrrole nitrogens is 1. The van der Waals surface area contributed by atoms with Crippen molar-refractivity contribution in [2.75, 3.05) is 24.5 Å². The number of hydrogen-bond acceptors (Lipinski definition) is 6. The minimum absolute atomic E-state index is 0.115. The smallest absolute Gasteiger partial charge is 0.274 e. The third kappa shape index (κ3) is 4.65. The molecule has 0 spiro atoms. The van der Waals surface area contributed by atoms with E-state index in [4.69, 9.17) is 23.2 Å². The summed E-state index contributed by atoms with van der Waals surface area (Å²) >= 11 is 12.3. The highest BCUT2D eigenvalue weighted by Gasteiger charge is 2.24. The Morgan fingerprint density at radius 3 is 2.74 bits per heavy atom. The molecular formula is C21H22Cl2N6O2. The fourth-order valence-corrected chi connectivity index (χ4v) is 4.00. The lowest BCUT2D eigenvalue weighted by Gasteiger charge is -2.22. The first-order valence-electron chi connectivity index (χ1n) is 10.2. The highest BCUT2D eigenvalue weighted by Crippen LogP contribution is 2.22. The summed E-state index contributed by atoms with van der Waals surface area (Å²) in [6.45, 7) is 4.25. The topological polar surface area (TPSA) is 95.1 Å². The summed E-state index contributed by atoms with van der Waals surface area (Å²) in [5, 5.41) is 1.12. The molecule has 1 aliphatic rings. The normalized spacial score (nSPS) is 13.7. The minimum Gasteiger partial charge on any atom is -0.341 e. The largest absolute Gasteiger partial charge is 0.341 e. The van der Waals surface area contributed by atoms with Crippen molar-refractivity contribution in [3.05, 3.63) is 56.3 Å². The Hall–Kier alpha value is -2.71. The van der Waals surface area contributed by atoms with E-state index in [1.807, 2.05) is 11.8 Å². The van der Waals surface area contributed by atoms with Crippen molar-refractivity contribution < 1.29 is 4.79 Å². The molecule has 1 fully saturated rings. The molecule has 1 N–H and O–H groups in total. The van der Waals surface area contributed by atoms with Gasteiger partial charge in [0.1, 0.15) is 5.82 Å². The van der Waals surface area contributed by atoms with E-state index in [0.717, 1.165) is 32.4 Å². The molecule has 31 heavy (non-hydrogen) atoms. The van der Waals surface area contributed by atoms with Gasteiger partial charge >= 0.3 is 0 Å². The Balaban J connectivity index is 1.65. The summed E-state index contributed by atoms with van der Waals surface area (Å²) in [5.74, 6) is 0.545. The van der Waals surface area contributed by atoms with Crippen molar-refractivity contribution in [3.63, 3.8) is 0 Å². The van der Waals surface area contributed by atoms with Crippen molar-refractivity contribution in [2.45, 2.75) is 32.7 Å². The molecule has 0 bridgehead atoms. The number of carbonyl (C=O) groups excluding carboxylic acids is 1.